The second-order valence-corrected chi connectivity index (χ2v) is 6.60. The molecule has 0 aliphatic carbocycles. The molecular weight excluding hydrogens is 384 g/mol. The Hall–Kier alpha value is -2.81. The van der Waals surface area contributed by atoms with Crippen molar-refractivity contribution in [2.45, 2.75) is 39.5 Å². The molecule has 0 bridgehead atoms. The van der Waals surface area contributed by atoms with E-state index in [0.29, 0.717) is 29.6 Å². The second kappa shape index (κ2) is 10.1. The lowest BCUT2D eigenvalue weighted by Gasteiger charge is -2.22. The van der Waals surface area contributed by atoms with Crippen molar-refractivity contribution in [3.63, 3.8) is 0 Å². The van der Waals surface area contributed by atoms with Crippen molar-refractivity contribution in [1.29, 1.82) is 0 Å². The van der Waals surface area contributed by atoms with Crippen LogP contribution in [-0.4, -0.2) is 37.9 Å². The molecule has 0 aliphatic rings. The van der Waals surface area contributed by atoms with E-state index in [0.717, 1.165) is 0 Å². The fourth-order valence-corrected chi connectivity index (χ4v) is 2.59. The van der Waals surface area contributed by atoms with Crippen LogP contribution in [0.4, 0.5) is 8.78 Å². The number of hydrogen-bond acceptors (Lipinski definition) is 5. The Morgan fingerprint density at radius 3 is 2.59 bits per heavy atom. The predicted molar refractivity (Wildman–Crippen MR) is 105 cm³/mol. The van der Waals surface area contributed by atoms with E-state index >= 15 is 0 Å². The number of rotatable bonds is 9. The summed E-state index contributed by atoms with van der Waals surface area (Å²) in [5.41, 5.74) is -0.574. The Labute approximate surface area is 168 Å². The summed E-state index contributed by atoms with van der Waals surface area (Å²) >= 11 is 0. The number of halogens is 2. The van der Waals surface area contributed by atoms with Gasteiger partial charge in [0.25, 0.3) is 0 Å². The summed E-state index contributed by atoms with van der Waals surface area (Å²) in [6.45, 7) is 3.38. The van der Waals surface area contributed by atoms with Crippen LogP contribution >= 0.6 is 0 Å². The van der Waals surface area contributed by atoms with Crippen LogP contribution in [0.25, 0.3) is 0 Å². The topological polar surface area (TPSA) is 88.3 Å². The molecule has 160 valence electrons. The van der Waals surface area contributed by atoms with Crippen LogP contribution < -0.4 is 20.1 Å². The van der Waals surface area contributed by atoms with Crippen LogP contribution in [0.5, 0.6) is 11.5 Å². The molecule has 0 radical (unpaired) electrons. The Morgan fingerprint density at radius 2 is 2.00 bits per heavy atom. The van der Waals surface area contributed by atoms with E-state index in [1.165, 1.54) is 13.2 Å². The summed E-state index contributed by atoms with van der Waals surface area (Å²) in [5.74, 6) is 1.78. The quantitative estimate of drug-likeness (QED) is 0.434. The standard InChI is InChI=1S/C20H27F2N3O4/c1-5-23-19(25-12-20(3,26)17-9-6-13(2)28-17)24-11-14-7-8-15(27-4)16(10-14)29-18(21)22/h6-10,18,26H,5,11-12H2,1-4H3,(H2,23,24,25). The van der Waals surface area contributed by atoms with Crippen LogP contribution in [0.15, 0.2) is 39.7 Å². The number of nitrogens with zero attached hydrogens (tertiary/aromatic N) is 1. The maximum Gasteiger partial charge on any atom is 0.387 e. The first-order chi connectivity index (χ1) is 13.7. The third-order valence-corrected chi connectivity index (χ3v) is 4.08. The molecule has 0 amide bonds. The molecule has 0 spiro atoms. The van der Waals surface area contributed by atoms with Gasteiger partial charge in [0, 0.05) is 6.54 Å². The Balaban J connectivity index is 2.08. The minimum atomic E-state index is -2.95. The molecule has 1 unspecified atom stereocenters. The lowest BCUT2D eigenvalue weighted by Crippen LogP contribution is -2.44. The van der Waals surface area contributed by atoms with E-state index < -0.39 is 12.2 Å². The number of benzene rings is 1. The third-order valence-electron chi connectivity index (χ3n) is 4.08. The maximum absolute atomic E-state index is 12.6. The van der Waals surface area contributed by atoms with E-state index in [2.05, 4.69) is 20.4 Å². The van der Waals surface area contributed by atoms with E-state index in [9.17, 15) is 13.9 Å². The van der Waals surface area contributed by atoms with Gasteiger partial charge in [-0.15, -0.1) is 0 Å². The van der Waals surface area contributed by atoms with Gasteiger partial charge in [0.15, 0.2) is 17.5 Å². The average Bonchev–Trinajstić information content (AvgIpc) is 3.11. The molecule has 0 saturated heterocycles. The lowest BCUT2D eigenvalue weighted by molar-refractivity contribution is -0.0512. The zero-order valence-corrected chi connectivity index (χ0v) is 17.0. The summed E-state index contributed by atoms with van der Waals surface area (Å²) in [4.78, 5) is 4.43. The molecular formula is C20H27F2N3O4. The zero-order valence-electron chi connectivity index (χ0n) is 17.0. The number of guanidine groups is 1. The van der Waals surface area contributed by atoms with Crippen molar-refractivity contribution in [2.24, 2.45) is 4.99 Å². The van der Waals surface area contributed by atoms with E-state index in [4.69, 9.17) is 9.15 Å². The van der Waals surface area contributed by atoms with Crippen molar-refractivity contribution >= 4 is 5.96 Å². The Kier molecular flexibility index (Phi) is 7.83. The first-order valence-corrected chi connectivity index (χ1v) is 9.18. The van der Waals surface area contributed by atoms with Gasteiger partial charge in [-0.2, -0.15) is 8.78 Å². The van der Waals surface area contributed by atoms with Gasteiger partial charge in [-0.05, 0) is 50.6 Å². The lowest BCUT2D eigenvalue weighted by atomic mass is 10.0. The van der Waals surface area contributed by atoms with Crippen LogP contribution in [0, 0.1) is 6.92 Å². The van der Waals surface area contributed by atoms with Crippen molar-refractivity contribution in [3.05, 3.63) is 47.4 Å². The summed E-state index contributed by atoms with van der Waals surface area (Å²) in [6.07, 6.45) is 0. The van der Waals surface area contributed by atoms with E-state index in [-0.39, 0.29) is 24.6 Å². The molecule has 1 atom stereocenters. The second-order valence-electron chi connectivity index (χ2n) is 6.60. The van der Waals surface area contributed by atoms with Crippen LogP contribution in [-0.2, 0) is 12.1 Å². The molecule has 1 aromatic heterocycles. The SMILES string of the molecule is CCNC(=NCc1ccc(OC)c(OC(F)F)c1)NCC(C)(O)c1ccc(C)o1. The molecule has 0 aliphatic heterocycles. The Morgan fingerprint density at radius 1 is 1.24 bits per heavy atom. The molecule has 0 fully saturated rings. The van der Waals surface area contributed by atoms with E-state index in [1.54, 1.807) is 38.1 Å². The van der Waals surface area contributed by atoms with Gasteiger partial charge in [-0.3, -0.25) is 0 Å². The van der Waals surface area contributed by atoms with Crippen LogP contribution in [0.3, 0.4) is 0 Å². The molecule has 2 aromatic rings. The largest absolute Gasteiger partial charge is 0.493 e. The number of aryl methyl sites for hydroxylation is 1. The predicted octanol–water partition coefficient (Wildman–Crippen LogP) is 3.16. The molecule has 9 heteroatoms. The molecule has 0 saturated carbocycles. The first kappa shape index (κ1) is 22.5. The third kappa shape index (κ3) is 6.63. The monoisotopic (exact) mass is 411 g/mol. The van der Waals surface area contributed by atoms with Gasteiger partial charge in [0.1, 0.15) is 17.1 Å². The average molecular weight is 411 g/mol. The Bertz CT molecular complexity index is 822. The fourth-order valence-electron chi connectivity index (χ4n) is 2.59. The molecule has 2 rings (SSSR count). The molecule has 1 aromatic carbocycles. The number of methoxy groups -OCH3 is 1. The van der Waals surface area contributed by atoms with Crippen molar-refractivity contribution in [3.8, 4) is 11.5 Å². The highest BCUT2D eigenvalue weighted by Crippen LogP contribution is 2.29. The van der Waals surface area contributed by atoms with Gasteiger partial charge < -0.3 is 29.6 Å². The summed E-state index contributed by atoms with van der Waals surface area (Å²) in [5, 5.41) is 16.8. The summed E-state index contributed by atoms with van der Waals surface area (Å²) < 4.78 is 40.2. The molecule has 3 N–H and O–H groups in total. The number of furan rings is 1. The van der Waals surface area contributed by atoms with Gasteiger partial charge in [-0.1, -0.05) is 6.07 Å². The molecule has 29 heavy (non-hydrogen) atoms. The summed E-state index contributed by atoms with van der Waals surface area (Å²) in [6, 6.07) is 8.23. The van der Waals surface area contributed by atoms with Gasteiger partial charge in [-0.25, -0.2) is 4.99 Å². The highest BCUT2D eigenvalue weighted by atomic mass is 19.3. The number of aliphatic imine (C=N–C) groups is 1. The fraction of sp³-hybridized carbons (Fsp3) is 0.450. The number of ether oxygens (including phenoxy) is 2. The number of hydrogen-bond donors (Lipinski definition) is 3. The smallest absolute Gasteiger partial charge is 0.387 e. The number of nitrogens with one attached hydrogen (secondary N) is 2. The maximum atomic E-state index is 12.6. The highest BCUT2D eigenvalue weighted by molar-refractivity contribution is 5.79. The van der Waals surface area contributed by atoms with Crippen molar-refractivity contribution < 1.29 is 27.8 Å². The van der Waals surface area contributed by atoms with Crippen LogP contribution in [0.2, 0.25) is 0 Å². The minimum Gasteiger partial charge on any atom is -0.493 e. The van der Waals surface area contributed by atoms with Gasteiger partial charge >= 0.3 is 6.61 Å². The molecule has 1 heterocycles. The number of aliphatic hydroxyl groups is 1. The molecule has 7 nitrogen and oxygen atoms in total. The van der Waals surface area contributed by atoms with Crippen molar-refractivity contribution in [2.75, 3.05) is 20.2 Å². The van der Waals surface area contributed by atoms with E-state index in [1.807, 2.05) is 6.92 Å². The number of alkyl halides is 2. The summed E-state index contributed by atoms with van der Waals surface area (Å²) in [7, 11) is 1.38. The minimum absolute atomic E-state index is 0.0516. The zero-order chi connectivity index (χ0) is 21.4. The van der Waals surface area contributed by atoms with Crippen molar-refractivity contribution in [1.82, 2.24) is 10.6 Å². The normalized spacial score (nSPS) is 13.9. The first-order valence-electron chi connectivity index (χ1n) is 9.18. The van der Waals surface area contributed by atoms with Crippen LogP contribution in [0.1, 0.15) is 30.9 Å². The van der Waals surface area contributed by atoms with Gasteiger partial charge in [0.2, 0.25) is 0 Å². The van der Waals surface area contributed by atoms with Gasteiger partial charge in [0.05, 0.1) is 20.2 Å². The highest BCUT2D eigenvalue weighted by Gasteiger charge is 2.27.